The van der Waals surface area contributed by atoms with Gasteiger partial charge in [-0.15, -0.1) is 0 Å². The lowest BCUT2D eigenvalue weighted by Gasteiger charge is -2.42. The van der Waals surface area contributed by atoms with E-state index < -0.39 is 5.83 Å². The summed E-state index contributed by atoms with van der Waals surface area (Å²) in [5, 5.41) is 3.53. The summed E-state index contributed by atoms with van der Waals surface area (Å²) in [5.41, 5.74) is 4.78. The van der Waals surface area contributed by atoms with Crippen LogP contribution in [0.25, 0.3) is 0 Å². The van der Waals surface area contributed by atoms with E-state index in [0.29, 0.717) is 25.6 Å². The predicted molar refractivity (Wildman–Crippen MR) is 156 cm³/mol. The van der Waals surface area contributed by atoms with E-state index in [1.165, 1.54) is 6.08 Å². The third kappa shape index (κ3) is 7.04. The Morgan fingerprint density at radius 3 is 2.79 bits per heavy atom. The van der Waals surface area contributed by atoms with Crippen molar-refractivity contribution in [2.75, 3.05) is 63.9 Å². The van der Waals surface area contributed by atoms with E-state index in [4.69, 9.17) is 9.72 Å². The highest BCUT2D eigenvalue weighted by molar-refractivity contribution is 5.97. The topological polar surface area (TPSA) is 60.9 Å². The van der Waals surface area contributed by atoms with Crippen LogP contribution in [-0.4, -0.2) is 91.8 Å². The number of piperazine rings is 1. The maximum atomic E-state index is 13.9. The van der Waals surface area contributed by atoms with Gasteiger partial charge in [0.1, 0.15) is 5.83 Å². The van der Waals surface area contributed by atoms with Crippen molar-refractivity contribution in [2.45, 2.75) is 65.0 Å². The molecule has 2 fully saturated rings. The summed E-state index contributed by atoms with van der Waals surface area (Å²) in [6.45, 7) is 21.0. The maximum absolute atomic E-state index is 13.9. The second-order valence-corrected chi connectivity index (χ2v) is 11.7. The molecule has 0 aromatic carbocycles. The van der Waals surface area contributed by atoms with E-state index in [2.05, 4.69) is 55.5 Å². The van der Waals surface area contributed by atoms with Crippen LogP contribution in [0.2, 0.25) is 0 Å². The lowest BCUT2D eigenvalue weighted by atomic mass is 9.90. The number of carbonyl (C=O) groups is 1. The lowest BCUT2D eigenvalue weighted by Crippen LogP contribution is -2.59. The van der Waals surface area contributed by atoms with Gasteiger partial charge < -0.3 is 15.0 Å². The Balaban J connectivity index is 1.55. The number of rotatable bonds is 9. The van der Waals surface area contributed by atoms with Crippen LogP contribution in [0, 0.1) is 0 Å². The molecule has 39 heavy (non-hydrogen) atoms. The van der Waals surface area contributed by atoms with E-state index in [1.54, 1.807) is 6.08 Å². The summed E-state index contributed by atoms with van der Waals surface area (Å²) >= 11 is 0. The maximum Gasteiger partial charge on any atom is 0.241 e. The molecule has 214 valence electrons. The molecule has 4 rings (SSSR count). The second kappa shape index (κ2) is 12.9. The Kier molecular flexibility index (Phi) is 9.75. The number of nitrogens with zero attached hydrogens (tertiary/aromatic N) is 4. The molecule has 3 aliphatic rings. The van der Waals surface area contributed by atoms with Gasteiger partial charge in [0.15, 0.2) is 0 Å². The van der Waals surface area contributed by atoms with E-state index in [1.807, 2.05) is 17.9 Å². The number of nitrogens with one attached hydrogen (secondary N) is 1. The van der Waals surface area contributed by atoms with Gasteiger partial charge in [-0.3, -0.25) is 19.6 Å². The minimum atomic E-state index is -0.468. The molecule has 1 aromatic rings. The van der Waals surface area contributed by atoms with Crippen LogP contribution in [-0.2, 0) is 27.8 Å². The molecule has 8 heteroatoms. The lowest BCUT2D eigenvalue weighted by molar-refractivity contribution is -0.120. The van der Waals surface area contributed by atoms with Gasteiger partial charge in [0.2, 0.25) is 5.91 Å². The number of morpholine rings is 1. The number of anilines is 1. The highest BCUT2D eigenvalue weighted by Gasteiger charge is 2.41. The average molecular weight is 540 g/mol. The molecule has 4 heterocycles. The first-order valence-corrected chi connectivity index (χ1v) is 14.4. The summed E-state index contributed by atoms with van der Waals surface area (Å²) in [5.74, 6) is -0.342. The highest BCUT2D eigenvalue weighted by atomic mass is 19.1. The van der Waals surface area contributed by atoms with Gasteiger partial charge in [-0.2, -0.15) is 0 Å². The molecule has 0 radical (unpaired) electrons. The number of ether oxygens (including phenoxy) is 1. The number of hydrogen-bond acceptors (Lipinski definition) is 6. The van der Waals surface area contributed by atoms with Crippen LogP contribution < -0.4 is 10.2 Å². The first kappa shape index (κ1) is 29.6. The molecule has 0 bridgehead atoms. The van der Waals surface area contributed by atoms with Crippen LogP contribution in [0.5, 0.6) is 0 Å². The number of hydrogen-bond donors (Lipinski definition) is 1. The Morgan fingerprint density at radius 2 is 2.10 bits per heavy atom. The Morgan fingerprint density at radius 1 is 1.31 bits per heavy atom. The number of allylic oxidation sites excluding steroid dienone is 5. The Bertz CT molecular complexity index is 1110. The molecule has 7 nitrogen and oxygen atoms in total. The normalized spacial score (nSPS) is 24.4. The minimum absolute atomic E-state index is 0.126. The fourth-order valence-corrected chi connectivity index (χ4v) is 5.95. The van der Waals surface area contributed by atoms with Gasteiger partial charge in [0.25, 0.3) is 0 Å². The SMILES string of the molecule is C=C(F)/C=C\C(=C/C)Cc1cc2c(nc1CC)C(C)(C)CN2C(=O)CN1CCNCC1CN1CCOCC1C. The predicted octanol–water partition coefficient (Wildman–Crippen LogP) is 3.79. The Hall–Kier alpha value is -2.39. The molecular formula is C31H46FN5O2. The quantitative estimate of drug-likeness (QED) is 0.482. The zero-order valence-electron chi connectivity index (χ0n) is 24.4. The van der Waals surface area contributed by atoms with Crippen molar-refractivity contribution < 1.29 is 13.9 Å². The third-order valence-corrected chi connectivity index (χ3v) is 8.30. The van der Waals surface area contributed by atoms with Crippen molar-refractivity contribution in [2.24, 2.45) is 0 Å². The molecule has 0 saturated carbocycles. The number of halogens is 1. The first-order chi connectivity index (χ1) is 18.6. The summed E-state index contributed by atoms with van der Waals surface area (Å²) in [7, 11) is 0. The summed E-state index contributed by atoms with van der Waals surface area (Å²) < 4.78 is 18.9. The second-order valence-electron chi connectivity index (χ2n) is 11.7. The third-order valence-electron chi connectivity index (χ3n) is 8.30. The molecule has 0 spiro atoms. The van der Waals surface area contributed by atoms with Crippen LogP contribution in [0.4, 0.5) is 10.1 Å². The van der Waals surface area contributed by atoms with Crippen LogP contribution in [0.1, 0.15) is 51.6 Å². The van der Waals surface area contributed by atoms with Crippen molar-refractivity contribution in [1.82, 2.24) is 20.1 Å². The van der Waals surface area contributed by atoms with E-state index in [9.17, 15) is 9.18 Å². The minimum Gasteiger partial charge on any atom is -0.379 e. The van der Waals surface area contributed by atoms with E-state index in [-0.39, 0.29) is 17.4 Å². The molecule has 2 atom stereocenters. The number of aromatic nitrogens is 1. The molecule has 1 N–H and O–H groups in total. The number of amides is 1. The van der Waals surface area contributed by atoms with Crippen LogP contribution >= 0.6 is 0 Å². The number of pyridine rings is 1. The number of fused-ring (bicyclic) bond motifs is 1. The Labute approximate surface area is 233 Å². The highest BCUT2D eigenvalue weighted by Crippen LogP contribution is 2.41. The summed E-state index contributed by atoms with van der Waals surface area (Å²) in [4.78, 5) is 25.8. The van der Waals surface area contributed by atoms with Crippen molar-refractivity contribution in [3.8, 4) is 0 Å². The fourth-order valence-electron chi connectivity index (χ4n) is 5.95. The fraction of sp³-hybridized carbons (Fsp3) is 0.613. The van der Waals surface area contributed by atoms with Crippen molar-refractivity contribution >= 4 is 11.6 Å². The van der Waals surface area contributed by atoms with E-state index >= 15 is 0 Å². The smallest absolute Gasteiger partial charge is 0.241 e. The standard InChI is InChI=1S/C31H46FN5O2/c1-7-24(10-9-22(3)32)15-25-16-28-30(34-27(25)8-2)31(5,6)21-37(28)29(38)19-36-12-11-33-17-26(36)18-35-13-14-39-20-23(35)4/h7,9-10,16,23,26,33H,3,8,11-15,17-21H2,1-2,4-6H3/b10-9-,24-7+. The van der Waals surface area contributed by atoms with Gasteiger partial charge >= 0.3 is 0 Å². The molecule has 0 aliphatic carbocycles. The van der Waals surface area contributed by atoms with Gasteiger partial charge in [-0.05, 0) is 50.0 Å². The average Bonchev–Trinajstić information content (AvgIpc) is 3.17. The summed E-state index contributed by atoms with van der Waals surface area (Å²) in [6.07, 6.45) is 6.57. The van der Waals surface area contributed by atoms with Crippen molar-refractivity contribution in [3.63, 3.8) is 0 Å². The van der Waals surface area contributed by atoms with Gasteiger partial charge in [-0.25, -0.2) is 4.39 Å². The largest absolute Gasteiger partial charge is 0.379 e. The van der Waals surface area contributed by atoms with Gasteiger partial charge in [-0.1, -0.05) is 39.5 Å². The monoisotopic (exact) mass is 539 g/mol. The van der Waals surface area contributed by atoms with Crippen molar-refractivity contribution in [3.05, 3.63) is 59.2 Å². The zero-order chi connectivity index (χ0) is 28.2. The molecule has 1 aromatic heterocycles. The first-order valence-electron chi connectivity index (χ1n) is 14.4. The number of carbonyl (C=O) groups excluding carboxylic acids is 1. The molecular weight excluding hydrogens is 493 g/mol. The zero-order valence-corrected chi connectivity index (χ0v) is 24.4. The molecule has 2 unspecified atom stereocenters. The summed E-state index contributed by atoms with van der Waals surface area (Å²) in [6, 6.07) is 2.82. The van der Waals surface area contributed by atoms with Crippen LogP contribution in [0.15, 0.2) is 42.3 Å². The van der Waals surface area contributed by atoms with E-state index in [0.717, 1.165) is 80.6 Å². The molecule has 1 amide bonds. The van der Waals surface area contributed by atoms with Gasteiger partial charge in [0, 0.05) is 62.5 Å². The molecule has 3 aliphatic heterocycles. The number of aryl methyl sites for hydroxylation is 1. The van der Waals surface area contributed by atoms with Gasteiger partial charge in [0.05, 0.1) is 31.1 Å². The molecule has 2 saturated heterocycles. The van der Waals surface area contributed by atoms with Crippen LogP contribution in [0.3, 0.4) is 0 Å². The van der Waals surface area contributed by atoms with Crippen molar-refractivity contribution in [1.29, 1.82) is 0 Å².